The van der Waals surface area contributed by atoms with Crippen LogP contribution in [0.2, 0.25) is 0 Å². The molecule has 0 aliphatic heterocycles. The van der Waals surface area contributed by atoms with Crippen molar-refractivity contribution >= 4 is 0 Å². The zero-order valence-corrected chi connectivity index (χ0v) is 10.1. The Kier molecular flexibility index (Phi) is 5.47. The fourth-order valence-electron chi connectivity index (χ4n) is 1.09. The van der Waals surface area contributed by atoms with E-state index in [1.165, 1.54) is 4.68 Å². The molecular weight excluding hydrogens is 198 g/mol. The van der Waals surface area contributed by atoms with Crippen LogP contribution in [-0.2, 0) is 0 Å². The molecule has 1 aliphatic rings. The highest BCUT2D eigenvalue weighted by Crippen LogP contribution is 2.51. The normalized spacial score (nSPS) is 20.6. The number of rotatable bonds is 1. The third-order valence-corrected chi connectivity index (χ3v) is 1.84. The first-order valence-electron chi connectivity index (χ1n) is 5.48. The SMILES string of the molecule is CC.CC.Cc1cnn(C2CC2(F)F)c1. The first-order chi connectivity index (χ1) is 7.09. The Labute approximate surface area is 90.3 Å². The van der Waals surface area contributed by atoms with Crippen LogP contribution in [0.5, 0.6) is 0 Å². The largest absolute Gasteiger partial charge is 0.272 e. The van der Waals surface area contributed by atoms with Crippen LogP contribution in [0, 0.1) is 6.92 Å². The van der Waals surface area contributed by atoms with Gasteiger partial charge < -0.3 is 0 Å². The van der Waals surface area contributed by atoms with Gasteiger partial charge in [-0.25, -0.2) is 8.78 Å². The molecule has 1 aromatic heterocycles. The van der Waals surface area contributed by atoms with Crippen molar-refractivity contribution in [1.82, 2.24) is 9.78 Å². The predicted octanol–water partition coefficient (Wildman–Crippen LogP) is 3.82. The van der Waals surface area contributed by atoms with Gasteiger partial charge in [-0.2, -0.15) is 5.10 Å². The Bertz CT molecular complexity index is 282. The van der Waals surface area contributed by atoms with Gasteiger partial charge in [-0.15, -0.1) is 0 Å². The summed E-state index contributed by atoms with van der Waals surface area (Å²) < 4.78 is 26.2. The Balaban J connectivity index is 0.000000442. The van der Waals surface area contributed by atoms with Crippen LogP contribution in [0.15, 0.2) is 12.4 Å². The predicted molar refractivity (Wildman–Crippen MR) is 58.3 cm³/mol. The summed E-state index contributed by atoms with van der Waals surface area (Å²) in [5.41, 5.74) is 0.924. The maximum atomic E-state index is 12.4. The van der Waals surface area contributed by atoms with E-state index >= 15 is 0 Å². The Morgan fingerprint density at radius 2 is 1.80 bits per heavy atom. The van der Waals surface area contributed by atoms with Crippen molar-refractivity contribution in [3.63, 3.8) is 0 Å². The number of halogens is 2. The molecule has 0 spiro atoms. The fourth-order valence-corrected chi connectivity index (χ4v) is 1.09. The highest BCUT2D eigenvalue weighted by molar-refractivity contribution is 5.07. The molecule has 2 nitrogen and oxygen atoms in total. The van der Waals surface area contributed by atoms with Crippen LogP contribution < -0.4 is 0 Å². The Hall–Kier alpha value is -0.930. The third kappa shape index (κ3) is 3.61. The first-order valence-corrected chi connectivity index (χ1v) is 5.48. The van der Waals surface area contributed by atoms with E-state index in [1.54, 1.807) is 12.4 Å². The minimum atomic E-state index is -2.52. The number of hydrogen-bond donors (Lipinski definition) is 0. The molecule has 4 heteroatoms. The summed E-state index contributed by atoms with van der Waals surface area (Å²) in [4.78, 5) is 0. The summed E-state index contributed by atoms with van der Waals surface area (Å²) in [5, 5.41) is 3.81. The van der Waals surface area contributed by atoms with Crippen molar-refractivity contribution in [2.45, 2.75) is 53.0 Å². The van der Waals surface area contributed by atoms with Gasteiger partial charge in [0, 0.05) is 12.6 Å². The summed E-state index contributed by atoms with van der Waals surface area (Å²) in [6.07, 6.45) is 3.17. The Morgan fingerprint density at radius 1 is 1.33 bits per heavy atom. The van der Waals surface area contributed by atoms with E-state index in [9.17, 15) is 8.78 Å². The lowest BCUT2D eigenvalue weighted by molar-refractivity contribution is 0.0983. The molecule has 1 unspecified atom stereocenters. The van der Waals surface area contributed by atoms with Crippen LogP contribution in [0.1, 0.15) is 45.7 Å². The van der Waals surface area contributed by atoms with E-state index in [2.05, 4.69) is 5.10 Å². The topological polar surface area (TPSA) is 17.8 Å². The molecule has 0 N–H and O–H groups in total. The quantitative estimate of drug-likeness (QED) is 0.700. The maximum Gasteiger partial charge on any atom is 0.272 e. The fraction of sp³-hybridized carbons (Fsp3) is 0.727. The average molecular weight is 218 g/mol. The molecule has 1 atom stereocenters. The monoisotopic (exact) mass is 218 g/mol. The molecule has 1 aromatic rings. The van der Waals surface area contributed by atoms with Crippen LogP contribution >= 0.6 is 0 Å². The van der Waals surface area contributed by atoms with Gasteiger partial charge in [-0.05, 0) is 12.5 Å². The third-order valence-electron chi connectivity index (χ3n) is 1.84. The molecule has 15 heavy (non-hydrogen) atoms. The van der Waals surface area contributed by atoms with Crippen molar-refractivity contribution < 1.29 is 8.78 Å². The van der Waals surface area contributed by atoms with Crippen LogP contribution in [0.25, 0.3) is 0 Å². The number of alkyl halides is 2. The van der Waals surface area contributed by atoms with E-state index < -0.39 is 12.0 Å². The van der Waals surface area contributed by atoms with Crippen LogP contribution in [0.4, 0.5) is 8.78 Å². The second-order valence-corrected chi connectivity index (χ2v) is 2.98. The molecule has 1 saturated carbocycles. The molecule has 2 rings (SSSR count). The van der Waals surface area contributed by atoms with Crippen molar-refractivity contribution in [3.8, 4) is 0 Å². The molecule has 0 bridgehead atoms. The lowest BCUT2D eigenvalue weighted by Gasteiger charge is -1.96. The smallest absolute Gasteiger partial charge is 0.263 e. The Morgan fingerprint density at radius 3 is 2.07 bits per heavy atom. The number of aromatic nitrogens is 2. The molecule has 88 valence electrons. The zero-order chi connectivity index (χ0) is 12.1. The average Bonchev–Trinajstić information content (AvgIpc) is 2.68. The molecular formula is C11H20F2N2. The summed E-state index contributed by atoms with van der Waals surface area (Å²) >= 11 is 0. The first kappa shape index (κ1) is 14.1. The van der Waals surface area contributed by atoms with E-state index in [4.69, 9.17) is 0 Å². The summed E-state index contributed by atoms with van der Waals surface area (Å²) in [6.45, 7) is 9.84. The van der Waals surface area contributed by atoms with Crippen LogP contribution in [-0.4, -0.2) is 15.7 Å². The van der Waals surface area contributed by atoms with Gasteiger partial charge in [0.05, 0.1) is 6.20 Å². The lowest BCUT2D eigenvalue weighted by Crippen LogP contribution is -2.02. The van der Waals surface area contributed by atoms with E-state index in [0.717, 1.165) is 5.56 Å². The number of nitrogens with zero attached hydrogens (tertiary/aromatic N) is 2. The minimum Gasteiger partial charge on any atom is -0.263 e. The summed E-state index contributed by atoms with van der Waals surface area (Å²) in [5.74, 6) is -2.52. The molecule has 1 fully saturated rings. The minimum absolute atomic E-state index is 0.0614. The van der Waals surface area contributed by atoms with Gasteiger partial charge in [0.15, 0.2) is 0 Å². The van der Waals surface area contributed by atoms with Gasteiger partial charge in [-0.1, -0.05) is 27.7 Å². The van der Waals surface area contributed by atoms with Gasteiger partial charge in [-0.3, -0.25) is 4.68 Å². The number of hydrogen-bond acceptors (Lipinski definition) is 1. The van der Waals surface area contributed by atoms with E-state index in [1.807, 2.05) is 34.6 Å². The molecule has 1 aliphatic carbocycles. The lowest BCUT2D eigenvalue weighted by atomic mass is 10.4. The highest BCUT2D eigenvalue weighted by atomic mass is 19.3. The van der Waals surface area contributed by atoms with Crippen LogP contribution in [0.3, 0.4) is 0 Å². The van der Waals surface area contributed by atoms with Crippen molar-refractivity contribution in [1.29, 1.82) is 0 Å². The molecule has 0 radical (unpaired) electrons. The molecule has 1 heterocycles. The molecule has 0 saturated heterocycles. The maximum absolute atomic E-state index is 12.4. The van der Waals surface area contributed by atoms with E-state index in [-0.39, 0.29) is 6.42 Å². The van der Waals surface area contributed by atoms with E-state index in [0.29, 0.717) is 0 Å². The molecule has 0 amide bonds. The van der Waals surface area contributed by atoms with Crippen molar-refractivity contribution in [2.24, 2.45) is 0 Å². The zero-order valence-electron chi connectivity index (χ0n) is 10.1. The molecule has 0 aromatic carbocycles. The van der Waals surface area contributed by atoms with Gasteiger partial charge in [0.1, 0.15) is 6.04 Å². The van der Waals surface area contributed by atoms with Gasteiger partial charge >= 0.3 is 0 Å². The van der Waals surface area contributed by atoms with Crippen molar-refractivity contribution in [3.05, 3.63) is 18.0 Å². The highest BCUT2D eigenvalue weighted by Gasteiger charge is 2.58. The van der Waals surface area contributed by atoms with Crippen molar-refractivity contribution in [2.75, 3.05) is 0 Å². The summed E-state index contributed by atoms with van der Waals surface area (Å²) in [7, 11) is 0. The second-order valence-electron chi connectivity index (χ2n) is 2.98. The summed E-state index contributed by atoms with van der Waals surface area (Å²) in [6, 6.07) is -0.684. The standard InChI is InChI=1S/C7H8F2N2.2C2H6/c1-5-3-10-11(4-5)6-2-7(6,8)9;2*1-2/h3-4,6H,2H2,1H3;2*1-2H3. The van der Waals surface area contributed by atoms with Gasteiger partial charge in [0.2, 0.25) is 0 Å². The number of aryl methyl sites for hydroxylation is 1. The second kappa shape index (κ2) is 5.83. The van der Waals surface area contributed by atoms with Gasteiger partial charge in [0.25, 0.3) is 5.92 Å².